The van der Waals surface area contributed by atoms with Gasteiger partial charge in [0.05, 0.1) is 0 Å². The number of hydrogen-bond acceptors (Lipinski definition) is 2. The van der Waals surface area contributed by atoms with Crippen molar-refractivity contribution in [3.8, 4) is 0 Å². The van der Waals surface area contributed by atoms with Gasteiger partial charge >= 0.3 is 0 Å². The standard InChI is InChI=1S/C16H25BrN2/c1-3-9-18-11-14-7-8-15(10-16(14)17)19(2)12-13-5-4-6-13/h7-8,10,13,18H,3-6,9,11-12H2,1-2H3. The van der Waals surface area contributed by atoms with Gasteiger partial charge in [0, 0.05) is 30.3 Å². The molecule has 0 spiro atoms. The quantitative estimate of drug-likeness (QED) is 0.757. The molecule has 1 aliphatic rings. The molecule has 1 N–H and O–H groups in total. The van der Waals surface area contributed by atoms with Gasteiger partial charge < -0.3 is 10.2 Å². The fraction of sp³-hybridized carbons (Fsp3) is 0.625. The first kappa shape index (κ1) is 14.9. The highest BCUT2D eigenvalue weighted by Gasteiger charge is 2.19. The molecule has 0 saturated heterocycles. The first-order valence-corrected chi connectivity index (χ1v) is 8.20. The Bertz CT molecular complexity index is 402. The minimum atomic E-state index is 0.912. The van der Waals surface area contributed by atoms with Crippen molar-refractivity contribution in [2.24, 2.45) is 5.92 Å². The lowest BCUT2D eigenvalue weighted by Gasteiger charge is -2.31. The van der Waals surface area contributed by atoms with Crippen LogP contribution in [0.5, 0.6) is 0 Å². The van der Waals surface area contributed by atoms with E-state index in [0.717, 1.165) is 19.0 Å². The van der Waals surface area contributed by atoms with Crippen molar-refractivity contribution in [3.63, 3.8) is 0 Å². The summed E-state index contributed by atoms with van der Waals surface area (Å²) in [4.78, 5) is 2.39. The van der Waals surface area contributed by atoms with E-state index in [9.17, 15) is 0 Å². The van der Waals surface area contributed by atoms with Crippen molar-refractivity contribution in [1.29, 1.82) is 0 Å². The minimum Gasteiger partial charge on any atom is -0.374 e. The summed E-state index contributed by atoms with van der Waals surface area (Å²) in [5.74, 6) is 0.912. The van der Waals surface area contributed by atoms with Crippen LogP contribution in [0.3, 0.4) is 0 Å². The van der Waals surface area contributed by atoms with Crippen LogP contribution in [-0.4, -0.2) is 20.1 Å². The molecule has 0 aliphatic heterocycles. The number of anilines is 1. The van der Waals surface area contributed by atoms with Gasteiger partial charge in [-0.05, 0) is 49.4 Å². The molecule has 1 saturated carbocycles. The molecule has 1 aromatic rings. The number of benzene rings is 1. The third-order valence-corrected chi connectivity index (χ3v) is 4.71. The van der Waals surface area contributed by atoms with Crippen LogP contribution in [-0.2, 0) is 6.54 Å². The normalized spacial score (nSPS) is 15.3. The van der Waals surface area contributed by atoms with Crippen LogP contribution in [0.4, 0.5) is 5.69 Å². The highest BCUT2D eigenvalue weighted by Crippen LogP contribution is 2.29. The Morgan fingerprint density at radius 1 is 1.37 bits per heavy atom. The van der Waals surface area contributed by atoms with Crippen molar-refractivity contribution in [2.45, 2.75) is 39.2 Å². The summed E-state index contributed by atoms with van der Waals surface area (Å²) in [5.41, 5.74) is 2.66. The first-order valence-electron chi connectivity index (χ1n) is 7.41. The summed E-state index contributed by atoms with van der Waals surface area (Å²) in [6.45, 7) is 5.41. The van der Waals surface area contributed by atoms with E-state index in [1.165, 1.54) is 48.0 Å². The lowest BCUT2D eigenvalue weighted by Crippen LogP contribution is -2.29. The number of nitrogens with one attached hydrogen (secondary N) is 1. The van der Waals surface area contributed by atoms with Crippen LogP contribution >= 0.6 is 15.9 Å². The summed E-state index contributed by atoms with van der Waals surface area (Å²) >= 11 is 3.70. The molecule has 0 unspecified atom stereocenters. The van der Waals surface area contributed by atoms with Gasteiger partial charge in [0.25, 0.3) is 0 Å². The van der Waals surface area contributed by atoms with Gasteiger partial charge in [0.15, 0.2) is 0 Å². The molecule has 1 fully saturated rings. The summed E-state index contributed by atoms with van der Waals surface area (Å²) < 4.78 is 1.22. The zero-order valence-corrected chi connectivity index (χ0v) is 13.7. The maximum atomic E-state index is 3.70. The molecule has 0 bridgehead atoms. The number of hydrogen-bond donors (Lipinski definition) is 1. The predicted octanol–water partition coefficient (Wildman–Crippen LogP) is 4.19. The van der Waals surface area contributed by atoms with Crippen molar-refractivity contribution < 1.29 is 0 Å². The van der Waals surface area contributed by atoms with Crippen molar-refractivity contribution in [3.05, 3.63) is 28.2 Å². The number of halogens is 1. The molecule has 0 heterocycles. The number of nitrogens with zero attached hydrogens (tertiary/aromatic N) is 1. The van der Waals surface area contributed by atoms with E-state index < -0.39 is 0 Å². The summed E-state index contributed by atoms with van der Waals surface area (Å²) in [7, 11) is 2.20. The molecule has 1 aliphatic carbocycles. The van der Waals surface area contributed by atoms with Crippen molar-refractivity contribution >= 4 is 21.6 Å². The monoisotopic (exact) mass is 324 g/mol. The van der Waals surface area contributed by atoms with E-state index in [-0.39, 0.29) is 0 Å². The lowest BCUT2D eigenvalue weighted by atomic mass is 9.85. The summed E-state index contributed by atoms with van der Waals surface area (Å²) in [6.07, 6.45) is 5.42. The third-order valence-electron chi connectivity index (χ3n) is 3.98. The Hall–Kier alpha value is -0.540. The molecular weight excluding hydrogens is 300 g/mol. The molecule has 2 rings (SSSR count). The second-order valence-electron chi connectivity index (χ2n) is 5.63. The largest absolute Gasteiger partial charge is 0.374 e. The maximum Gasteiger partial charge on any atom is 0.0375 e. The smallest absolute Gasteiger partial charge is 0.0375 e. The second kappa shape index (κ2) is 7.30. The van der Waals surface area contributed by atoms with E-state index in [0.29, 0.717) is 0 Å². The topological polar surface area (TPSA) is 15.3 Å². The van der Waals surface area contributed by atoms with Crippen LogP contribution < -0.4 is 10.2 Å². The first-order chi connectivity index (χ1) is 9.20. The van der Waals surface area contributed by atoms with Crippen LogP contribution in [0.2, 0.25) is 0 Å². The highest BCUT2D eigenvalue weighted by atomic mass is 79.9. The number of rotatable bonds is 7. The van der Waals surface area contributed by atoms with Gasteiger partial charge in [-0.25, -0.2) is 0 Å². The fourth-order valence-electron chi connectivity index (χ4n) is 2.48. The Morgan fingerprint density at radius 3 is 2.74 bits per heavy atom. The average molecular weight is 325 g/mol. The van der Waals surface area contributed by atoms with Crippen molar-refractivity contribution in [1.82, 2.24) is 5.32 Å². The molecule has 0 aromatic heterocycles. The molecule has 1 aromatic carbocycles. The van der Waals surface area contributed by atoms with Crippen molar-refractivity contribution in [2.75, 3.05) is 25.0 Å². The zero-order chi connectivity index (χ0) is 13.7. The van der Waals surface area contributed by atoms with E-state index in [1.54, 1.807) is 0 Å². The Balaban J connectivity index is 1.92. The van der Waals surface area contributed by atoms with Crippen LogP contribution in [0.25, 0.3) is 0 Å². The Labute approximate surface area is 125 Å². The zero-order valence-electron chi connectivity index (χ0n) is 12.1. The molecule has 106 valence electrons. The predicted molar refractivity (Wildman–Crippen MR) is 86.8 cm³/mol. The molecule has 3 heteroatoms. The third kappa shape index (κ3) is 4.22. The Kier molecular flexibility index (Phi) is 5.71. The molecule has 19 heavy (non-hydrogen) atoms. The van der Waals surface area contributed by atoms with Gasteiger partial charge in [-0.2, -0.15) is 0 Å². The lowest BCUT2D eigenvalue weighted by molar-refractivity contribution is 0.321. The Morgan fingerprint density at radius 2 is 2.16 bits per heavy atom. The fourth-order valence-corrected chi connectivity index (χ4v) is 2.99. The SMILES string of the molecule is CCCNCc1ccc(N(C)CC2CCC2)cc1Br. The van der Waals surface area contributed by atoms with Gasteiger partial charge in [0.2, 0.25) is 0 Å². The second-order valence-corrected chi connectivity index (χ2v) is 6.48. The summed E-state index contributed by atoms with van der Waals surface area (Å²) in [6, 6.07) is 6.73. The van der Waals surface area contributed by atoms with E-state index in [2.05, 4.69) is 58.3 Å². The summed E-state index contributed by atoms with van der Waals surface area (Å²) in [5, 5.41) is 3.45. The van der Waals surface area contributed by atoms with Gasteiger partial charge in [-0.15, -0.1) is 0 Å². The average Bonchev–Trinajstić information content (AvgIpc) is 2.35. The van der Waals surface area contributed by atoms with Gasteiger partial charge in [0.1, 0.15) is 0 Å². The molecule has 0 amide bonds. The molecule has 0 radical (unpaired) electrons. The minimum absolute atomic E-state index is 0.912. The van der Waals surface area contributed by atoms with Crippen LogP contribution in [0.1, 0.15) is 38.2 Å². The molecular formula is C16H25BrN2. The van der Waals surface area contributed by atoms with E-state index in [4.69, 9.17) is 0 Å². The van der Waals surface area contributed by atoms with Crippen LogP contribution in [0, 0.1) is 5.92 Å². The van der Waals surface area contributed by atoms with Gasteiger partial charge in [-0.1, -0.05) is 35.3 Å². The van der Waals surface area contributed by atoms with E-state index >= 15 is 0 Å². The highest BCUT2D eigenvalue weighted by molar-refractivity contribution is 9.10. The van der Waals surface area contributed by atoms with Gasteiger partial charge in [-0.3, -0.25) is 0 Å². The van der Waals surface area contributed by atoms with Crippen LogP contribution in [0.15, 0.2) is 22.7 Å². The molecule has 0 atom stereocenters. The molecule has 2 nitrogen and oxygen atoms in total. The maximum absolute atomic E-state index is 3.70. The van der Waals surface area contributed by atoms with E-state index in [1.807, 2.05) is 0 Å².